The average Bonchev–Trinajstić information content (AvgIpc) is 3.03. The number of amides is 2. The zero-order valence-electron chi connectivity index (χ0n) is 27.9. The van der Waals surface area contributed by atoms with E-state index in [0.29, 0.717) is 34.0 Å². The van der Waals surface area contributed by atoms with Gasteiger partial charge in [-0.2, -0.15) is 0 Å². The standard InChI is InChI=1S/C35H37ClFN7O4/c1-9-25(46)42-14-18(6)43-23(15-42)34(47)41(8)32-30(43)20-13-21(36)29(26-22(37)11-10-12-24(26)45)40-33(20)44(35(32)48)31-27(16(2)3)38-19(7)39-28(31)17(4)5/h9-13,16-18,23,45H,1,14-15H2,2-8H3/t18-,23-/m1/s1. The van der Waals surface area contributed by atoms with Crippen molar-refractivity contribution in [3.8, 4) is 22.7 Å². The van der Waals surface area contributed by atoms with Gasteiger partial charge < -0.3 is 19.8 Å². The van der Waals surface area contributed by atoms with E-state index in [-0.39, 0.29) is 70.1 Å². The molecule has 5 heterocycles. The Morgan fingerprint density at radius 3 is 2.29 bits per heavy atom. The quantitative estimate of drug-likeness (QED) is 0.277. The highest BCUT2D eigenvalue weighted by Gasteiger charge is 2.47. The molecule has 1 N–H and O–H groups in total. The molecule has 1 saturated heterocycles. The number of anilines is 2. The number of hydrogen-bond donors (Lipinski definition) is 1. The maximum absolute atomic E-state index is 15.3. The van der Waals surface area contributed by atoms with Crippen LogP contribution in [0.5, 0.6) is 5.75 Å². The van der Waals surface area contributed by atoms with Gasteiger partial charge >= 0.3 is 0 Å². The van der Waals surface area contributed by atoms with Gasteiger partial charge in [0.15, 0.2) is 5.65 Å². The van der Waals surface area contributed by atoms with E-state index >= 15 is 9.18 Å². The predicted octanol–water partition coefficient (Wildman–Crippen LogP) is 5.46. The molecule has 250 valence electrons. The van der Waals surface area contributed by atoms with Crippen molar-refractivity contribution >= 4 is 45.8 Å². The van der Waals surface area contributed by atoms with Crippen molar-refractivity contribution in [3.63, 3.8) is 0 Å². The number of carbonyl (C=O) groups excluding carboxylic acids is 2. The van der Waals surface area contributed by atoms with Gasteiger partial charge in [0.25, 0.3) is 11.5 Å². The molecule has 0 spiro atoms. The molecule has 13 heteroatoms. The number of halogens is 2. The second-order valence-corrected chi connectivity index (χ2v) is 13.4. The van der Waals surface area contributed by atoms with E-state index in [1.54, 1.807) is 17.9 Å². The van der Waals surface area contributed by atoms with E-state index in [4.69, 9.17) is 26.6 Å². The molecule has 0 aliphatic carbocycles. The lowest BCUT2D eigenvalue weighted by Crippen LogP contribution is -2.66. The van der Waals surface area contributed by atoms with Crippen LogP contribution in [0.1, 0.15) is 63.7 Å². The van der Waals surface area contributed by atoms with Crippen LogP contribution < -0.4 is 15.4 Å². The van der Waals surface area contributed by atoms with Crippen molar-refractivity contribution in [2.45, 2.75) is 65.5 Å². The summed E-state index contributed by atoms with van der Waals surface area (Å²) in [6, 6.07) is 4.26. The third kappa shape index (κ3) is 5.01. The number of aryl methyl sites for hydroxylation is 1. The van der Waals surface area contributed by atoms with E-state index in [1.807, 2.05) is 39.5 Å². The number of hydrogen-bond acceptors (Lipinski definition) is 8. The second-order valence-electron chi connectivity index (χ2n) is 13.0. The van der Waals surface area contributed by atoms with Crippen LogP contribution in [0.15, 0.2) is 41.7 Å². The molecule has 3 aromatic heterocycles. The van der Waals surface area contributed by atoms with Crippen LogP contribution in [-0.4, -0.2) is 73.6 Å². The molecule has 2 amide bonds. The number of likely N-dealkylation sites (N-methyl/N-ethyl adjacent to an activating group) is 1. The maximum Gasteiger partial charge on any atom is 0.283 e. The number of rotatable bonds is 5. The molecule has 0 unspecified atom stereocenters. The number of piperazine rings is 1. The van der Waals surface area contributed by atoms with Crippen LogP contribution in [0.4, 0.5) is 15.8 Å². The largest absolute Gasteiger partial charge is 0.507 e. The molecule has 0 radical (unpaired) electrons. The van der Waals surface area contributed by atoms with Crippen molar-refractivity contribution < 1.29 is 19.1 Å². The van der Waals surface area contributed by atoms with E-state index in [0.717, 1.165) is 0 Å². The van der Waals surface area contributed by atoms with E-state index in [9.17, 15) is 14.7 Å². The Balaban J connectivity index is 1.81. The lowest BCUT2D eigenvalue weighted by atomic mass is 9.96. The molecule has 4 aromatic rings. The normalized spacial score (nSPS) is 17.7. The van der Waals surface area contributed by atoms with Gasteiger partial charge in [-0.25, -0.2) is 19.3 Å². The number of nitrogens with zero attached hydrogens (tertiary/aromatic N) is 7. The molecular formula is C35H37ClFN7O4. The zero-order valence-corrected chi connectivity index (χ0v) is 28.6. The van der Waals surface area contributed by atoms with Gasteiger partial charge in [0.2, 0.25) is 5.91 Å². The van der Waals surface area contributed by atoms with Crippen LogP contribution in [0.3, 0.4) is 0 Å². The van der Waals surface area contributed by atoms with Gasteiger partial charge in [0.1, 0.15) is 29.1 Å². The summed E-state index contributed by atoms with van der Waals surface area (Å²) in [5.41, 5.74) is 1.40. The average molecular weight is 674 g/mol. The first kappa shape index (κ1) is 33.1. The van der Waals surface area contributed by atoms with E-state index < -0.39 is 23.5 Å². The SMILES string of the molecule is C=CC(=O)N1C[C@@H](C)N2c3c(c(=O)n(-c4c(C(C)C)nc(C)nc4C(C)C)c4nc(-c5c(O)cccc5F)c(Cl)cc34)N(C)C(=O)[C@H]2C1. The maximum atomic E-state index is 15.3. The molecule has 11 nitrogen and oxygen atoms in total. The zero-order chi connectivity index (χ0) is 34.9. The van der Waals surface area contributed by atoms with Crippen LogP contribution >= 0.6 is 11.6 Å². The summed E-state index contributed by atoms with van der Waals surface area (Å²) in [5.74, 6) is -1.56. The second kappa shape index (κ2) is 12.0. The molecule has 1 aromatic carbocycles. The van der Waals surface area contributed by atoms with Gasteiger partial charge in [-0.3, -0.25) is 19.0 Å². The molecule has 6 rings (SSSR count). The van der Waals surface area contributed by atoms with E-state index in [1.165, 1.54) is 40.8 Å². The third-order valence-corrected chi connectivity index (χ3v) is 9.32. The Morgan fingerprint density at radius 1 is 1.06 bits per heavy atom. The van der Waals surface area contributed by atoms with Crippen molar-refractivity contribution in [1.82, 2.24) is 24.4 Å². The first-order valence-electron chi connectivity index (χ1n) is 15.8. The Kier molecular flexibility index (Phi) is 8.27. The monoisotopic (exact) mass is 673 g/mol. The van der Waals surface area contributed by atoms with Crippen LogP contribution in [-0.2, 0) is 9.59 Å². The number of aromatic nitrogens is 4. The lowest BCUT2D eigenvalue weighted by Gasteiger charge is -2.50. The van der Waals surface area contributed by atoms with Gasteiger partial charge in [-0.1, -0.05) is 51.9 Å². The Labute approximate surface area is 282 Å². The van der Waals surface area contributed by atoms with Crippen LogP contribution in [0.2, 0.25) is 5.02 Å². The summed E-state index contributed by atoms with van der Waals surface area (Å²) in [7, 11) is 1.54. The summed E-state index contributed by atoms with van der Waals surface area (Å²) >= 11 is 6.89. The number of phenols is 1. The number of fused-ring (bicyclic) bond motifs is 5. The molecular weight excluding hydrogens is 637 g/mol. The minimum atomic E-state index is -0.817. The lowest BCUT2D eigenvalue weighted by molar-refractivity contribution is -0.129. The van der Waals surface area contributed by atoms with E-state index in [2.05, 4.69) is 6.58 Å². The fourth-order valence-electron chi connectivity index (χ4n) is 6.89. The number of phenolic OH excluding ortho intramolecular Hbond substituents is 1. The first-order valence-corrected chi connectivity index (χ1v) is 16.2. The first-order chi connectivity index (χ1) is 22.7. The number of aromatic hydroxyl groups is 1. The minimum absolute atomic E-state index is 0.0212. The Morgan fingerprint density at radius 2 is 1.71 bits per heavy atom. The summed E-state index contributed by atoms with van der Waals surface area (Å²) in [6.07, 6.45) is 1.22. The van der Waals surface area contributed by atoms with Gasteiger partial charge in [-0.05, 0) is 50.0 Å². The minimum Gasteiger partial charge on any atom is -0.507 e. The molecule has 0 saturated carbocycles. The van der Waals surface area contributed by atoms with Crippen molar-refractivity contribution in [2.24, 2.45) is 0 Å². The highest BCUT2D eigenvalue weighted by molar-refractivity contribution is 6.34. The van der Waals surface area contributed by atoms with Gasteiger partial charge in [-0.15, -0.1) is 0 Å². The summed E-state index contributed by atoms with van der Waals surface area (Å²) in [4.78, 5) is 61.0. The molecule has 2 aliphatic rings. The summed E-state index contributed by atoms with van der Waals surface area (Å²) < 4.78 is 16.7. The number of pyridine rings is 2. The van der Waals surface area contributed by atoms with Gasteiger partial charge in [0.05, 0.1) is 45.6 Å². The Bertz CT molecular complexity index is 2050. The predicted molar refractivity (Wildman–Crippen MR) is 184 cm³/mol. The Hall–Kier alpha value is -4.84. The highest BCUT2D eigenvalue weighted by Crippen LogP contribution is 2.45. The summed E-state index contributed by atoms with van der Waals surface area (Å²) in [5, 5.41) is 11.2. The fraction of sp³-hybridized carbons (Fsp3) is 0.371. The molecule has 1 fully saturated rings. The number of benzene rings is 1. The topological polar surface area (TPSA) is 125 Å². The third-order valence-electron chi connectivity index (χ3n) is 9.03. The molecule has 48 heavy (non-hydrogen) atoms. The molecule has 2 aliphatic heterocycles. The fourth-order valence-corrected chi connectivity index (χ4v) is 7.14. The van der Waals surface area contributed by atoms with Crippen molar-refractivity contribution in [3.05, 3.63) is 75.3 Å². The van der Waals surface area contributed by atoms with Gasteiger partial charge in [0, 0.05) is 25.0 Å². The van der Waals surface area contributed by atoms with Crippen LogP contribution in [0, 0.1) is 12.7 Å². The smallest absolute Gasteiger partial charge is 0.283 e. The van der Waals surface area contributed by atoms with Crippen molar-refractivity contribution in [2.75, 3.05) is 29.9 Å². The molecule has 0 bridgehead atoms. The van der Waals surface area contributed by atoms with Crippen molar-refractivity contribution in [1.29, 1.82) is 0 Å². The number of carbonyl (C=O) groups is 2. The summed E-state index contributed by atoms with van der Waals surface area (Å²) in [6.45, 7) is 15.4. The highest BCUT2D eigenvalue weighted by atomic mass is 35.5. The van der Waals surface area contributed by atoms with Crippen LogP contribution in [0.25, 0.3) is 28.0 Å². The molecule has 2 atom stereocenters.